The van der Waals surface area contributed by atoms with E-state index in [9.17, 15) is 8.42 Å². The van der Waals surface area contributed by atoms with Crippen LogP contribution in [0, 0.1) is 0 Å². The number of benzene rings is 1. The van der Waals surface area contributed by atoms with Gasteiger partial charge in [-0.25, -0.2) is 8.42 Å². The van der Waals surface area contributed by atoms with Crippen LogP contribution < -0.4 is 14.9 Å². The Balaban J connectivity index is 1.96. The van der Waals surface area contributed by atoms with E-state index in [0.29, 0.717) is 19.0 Å². The summed E-state index contributed by atoms with van der Waals surface area (Å²) in [5.74, 6) is 0.640. The van der Waals surface area contributed by atoms with E-state index >= 15 is 0 Å². The highest BCUT2D eigenvalue weighted by Gasteiger charge is 2.28. The van der Waals surface area contributed by atoms with Crippen molar-refractivity contribution in [2.24, 2.45) is 4.99 Å². The molecule has 1 aromatic carbocycles. The van der Waals surface area contributed by atoms with Crippen LogP contribution in [-0.2, 0) is 16.4 Å². The first-order valence-corrected chi connectivity index (χ1v) is 9.41. The fourth-order valence-electron chi connectivity index (χ4n) is 2.54. The molecule has 2 N–H and O–H groups in total. The molecule has 0 saturated carbocycles. The normalized spacial score (nSPS) is 15.5. The van der Waals surface area contributed by atoms with Gasteiger partial charge in [0.2, 0.25) is 10.0 Å². The number of sulfonamides is 1. The highest BCUT2D eigenvalue weighted by molar-refractivity contribution is 7.92. The van der Waals surface area contributed by atoms with Crippen molar-refractivity contribution in [1.82, 2.24) is 10.6 Å². The van der Waals surface area contributed by atoms with Crippen molar-refractivity contribution < 1.29 is 8.42 Å². The predicted octanol–water partition coefficient (Wildman–Crippen LogP) is 1.34. The zero-order chi connectivity index (χ0) is 17.1. The van der Waals surface area contributed by atoms with Gasteiger partial charge < -0.3 is 10.6 Å². The number of nitrogens with one attached hydrogen (secondary N) is 2. The second-order valence-corrected chi connectivity index (χ2v) is 8.65. The van der Waals surface area contributed by atoms with Gasteiger partial charge in [-0.05, 0) is 38.8 Å². The molecule has 7 heteroatoms. The number of aliphatic imine (C=N–C) groups is 1. The lowest BCUT2D eigenvalue weighted by Crippen LogP contribution is -2.49. The summed E-state index contributed by atoms with van der Waals surface area (Å²) in [6.45, 7) is 6.92. The van der Waals surface area contributed by atoms with Gasteiger partial charge in [0.1, 0.15) is 0 Å². The van der Waals surface area contributed by atoms with E-state index in [4.69, 9.17) is 0 Å². The van der Waals surface area contributed by atoms with Gasteiger partial charge in [-0.1, -0.05) is 18.2 Å². The van der Waals surface area contributed by atoms with Crippen LogP contribution in [0.2, 0.25) is 0 Å². The molecule has 0 atom stereocenters. The number of nitrogens with zero attached hydrogens (tertiary/aromatic N) is 2. The smallest absolute Gasteiger partial charge is 0.236 e. The summed E-state index contributed by atoms with van der Waals surface area (Å²) >= 11 is 0. The zero-order valence-corrected chi connectivity index (χ0v) is 15.1. The minimum Gasteiger partial charge on any atom is -0.355 e. The van der Waals surface area contributed by atoms with E-state index in [-0.39, 0.29) is 11.3 Å². The second kappa shape index (κ2) is 6.78. The first-order chi connectivity index (χ1) is 10.7. The van der Waals surface area contributed by atoms with Crippen molar-refractivity contribution >= 4 is 21.7 Å². The molecule has 0 aliphatic carbocycles. The van der Waals surface area contributed by atoms with Crippen molar-refractivity contribution in [1.29, 1.82) is 0 Å². The van der Waals surface area contributed by atoms with Crippen LogP contribution in [0.4, 0.5) is 5.69 Å². The van der Waals surface area contributed by atoms with E-state index in [1.807, 2.05) is 45.0 Å². The maximum atomic E-state index is 12.6. The molecule has 0 aromatic heterocycles. The Kier molecular flexibility index (Phi) is 5.19. The Morgan fingerprint density at radius 2 is 2.00 bits per heavy atom. The predicted molar refractivity (Wildman–Crippen MR) is 95.5 cm³/mol. The minimum atomic E-state index is -3.33. The van der Waals surface area contributed by atoms with Crippen LogP contribution in [0.1, 0.15) is 26.3 Å². The van der Waals surface area contributed by atoms with Gasteiger partial charge in [-0.2, -0.15) is 0 Å². The molecule has 0 spiro atoms. The van der Waals surface area contributed by atoms with E-state index in [1.165, 1.54) is 4.31 Å². The third-order valence-electron chi connectivity index (χ3n) is 3.55. The van der Waals surface area contributed by atoms with Gasteiger partial charge in [0.25, 0.3) is 0 Å². The fraction of sp³-hybridized carbons (Fsp3) is 0.562. The highest BCUT2D eigenvalue weighted by atomic mass is 32.2. The SMILES string of the molecule is CN=C(NCCS(=O)(=O)N1CCc2ccccc21)NC(C)(C)C. The highest BCUT2D eigenvalue weighted by Crippen LogP contribution is 2.29. The molecule has 128 valence electrons. The van der Waals surface area contributed by atoms with Crippen molar-refractivity contribution in [3.05, 3.63) is 29.8 Å². The number of guanidine groups is 1. The van der Waals surface area contributed by atoms with Gasteiger partial charge in [-0.15, -0.1) is 0 Å². The van der Waals surface area contributed by atoms with E-state index in [0.717, 1.165) is 17.7 Å². The molecule has 1 aliphatic heterocycles. The Hall–Kier alpha value is -1.76. The van der Waals surface area contributed by atoms with Crippen molar-refractivity contribution in [3.63, 3.8) is 0 Å². The lowest BCUT2D eigenvalue weighted by Gasteiger charge is -2.24. The summed E-state index contributed by atoms with van der Waals surface area (Å²) in [6, 6.07) is 7.67. The van der Waals surface area contributed by atoms with E-state index in [1.54, 1.807) is 7.05 Å². The molecule has 0 saturated heterocycles. The van der Waals surface area contributed by atoms with Crippen LogP contribution >= 0.6 is 0 Å². The molecular weight excluding hydrogens is 312 g/mol. The molecule has 6 nitrogen and oxygen atoms in total. The van der Waals surface area contributed by atoms with Gasteiger partial charge in [0.05, 0.1) is 11.4 Å². The third-order valence-corrected chi connectivity index (χ3v) is 5.32. The number of fused-ring (bicyclic) bond motifs is 1. The van der Waals surface area contributed by atoms with Crippen LogP contribution in [-0.4, -0.2) is 45.8 Å². The van der Waals surface area contributed by atoms with Gasteiger partial charge in [0.15, 0.2) is 5.96 Å². The topological polar surface area (TPSA) is 73.8 Å². The summed E-state index contributed by atoms with van der Waals surface area (Å²) in [7, 11) is -1.66. The molecule has 0 bridgehead atoms. The second-order valence-electron chi connectivity index (χ2n) is 6.64. The Morgan fingerprint density at radius 1 is 1.30 bits per heavy atom. The fourth-order valence-corrected chi connectivity index (χ4v) is 3.97. The number of anilines is 1. The van der Waals surface area contributed by atoms with Crippen molar-refractivity contribution in [3.8, 4) is 0 Å². The standard InChI is InChI=1S/C16H26N4O2S/c1-16(2,3)19-15(17-4)18-10-12-23(21,22)20-11-9-13-7-5-6-8-14(13)20/h5-8H,9-12H2,1-4H3,(H2,17,18,19). The van der Waals surface area contributed by atoms with Gasteiger partial charge in [0, 0.05) is 25.7 Å². The monoisotopic (exact) mass is 338 g/mol. The molecule has 23 heavy (non-hydrogen) atoms. The molecule has 0 amide bonds. The quantitative estimate of drug-likeness (QED) is 0.642. The Bertz CT molecular complexity index is 678. The molecule has 0 unspecified atom stereocenters. The minimum absolute atomic E-state index is 0.0339. The molecule has 0 radical (unpaired) electrons. The van der Waals surface area contributed by atoms with Crippen molar-refractivity contribution in [2.45, 2.75) is 32.7 Å². The molecule has 0 fully saturated rings. The van der Waals surface area contributed by atoms with Gasteiger partial charge in [-0.3, -0.25) is 9.30 Å². The van der Waals surface area contributed by atoms with E-state index in [2.05, 4.69) is 15.6 Å². The molecule has 1 heterocycles. The summed E-state index contributed by atoms with van der Waals surface area (Å²) in [5.41, 5.74) is 1.77. The summed E-state index contributed by atoms with van der Waals surface area (Å²) in [6.07, 6.45) is 0.774. The number of para-hydroxylation sites is 1. The van der Waals surface area contributed by atoms with Crippen LogP contribution in [0.3, 0.4) is 0 Å². The summed E-state index contributed by atoms with van der Waals surface area (Å²) < 4.78 is 26.7. The average molecular weight is 338 g/mol. The van der Waals surface area contributed by atoms with Crippen LogP contribution in [0.5, 0.6) is 0 Å². The number of hydrogen-bond donors (Lipinski definition) is 2. The van der Waals surface area contributed by atoms with Gasteiger partial charge >= 0.3 is 0 Å². The third kappa shape index (κ3) is 4.60. The molecule has 1 aliphatic rings. The average Bonchev–Trinajstić information content (AvgIpc) is 2.89. The zero-order valence-electron chi connectivity index (χ0n) is 14.3. The first kappa shape index (κ1) is 17.6. The number of rotatable bonds is 4. The molecular formula is C16H26N4O2S. The Morgan fingerprint density at radius 3 is 2.65 bits per heavy atom. The summed E-state index contributed by atoms with van der Waals surface area (Å²) in [4.78, 5) is 4.11. The Labute approximate surface area is 139 Å². The summed E-state index contributed by atoms with van der Waals surface area (Å²) in [5, 5.41) is 6.27. The largest absolute Gasteiger partial charge is 0.355 e. The van der Waals surface area contributed by atoms with E-state index < -0.39 is 10.0 Å². The maximum absolute atomic E-state index is 12.6. The van der Waals surface area contributed by atoms with Crippen LogP contribution in [0.25, 0.3) is 0 Å². The molecule has 2 rings (SSSR count). The first-order valence-electron chi connectivity index (χ1n) is 7.80. The maximum Gasteiger partial charge on any atom is 0.236 e. The van der Waals surface area contributed by atoms with Crippen molar-refractivity contribution in [2.75, 3.05) is 30.2 Å². The molecule has 1 aromatic rings. The lowest BCUT2D eigenvalue weighted by atomic mass is 10.1. The van der Waals surface area contributed by atoms with Crippen LogP contribution in [0.15, 0.2) is 29.3 Å². The number of hydrogen-bond acceptors (Lipinski definition) is 3. The lowest BCUT2D eigenvalue weighted by molar-refractivity contribution is 0.502.